The number of benzene rings is 2. The number of hydrogen-bond donors (Lipinski definition) is 2. The molecule has 0 radical (unpaired) electrons. The normalized spacial score (nSPS) is 18.0. The quantitative estimate of drug-likeness (QED) is 0.750. The Kier molecular flexibility index (Phi) is 5.53. The van der Waals surface area contributed by atoms with E-state index in [1.807, 2.05) is 42.5 Å². The number of nitrogens with zero attached hydrogens (tertiary/aromatic N) is 2. The predicted molar refractivity (Wildman–Crippen MR) is 116 cm³/mol. The number of piperidine rings is 1. The largest absolute Gasteiger partial charge is 0.397 e. The van der Waals surface area contributed by atoms with Crippen LogP contribution in [0, 0.1) is 5.92 Å². The van der Waals surface area contributed by atoms with E-state index in [-0.39, 0.29) is 5.91 Å². The molecule has 2 fully saturated rings. The van der Waals surface area contributed by atoms with Crippen molar-refractivity contribution in [2.45, 2.75) is 31.7 Å². The average Bonchev–Trinajstić information content (AvgIpc) is 3.54. The van der Waals surface area contributed by atoms with Gasteiger partial charge in [0.15, 0.2) is 0 Å². The SMILES string of the molecule is CN(c1ccc(C(=O)Nc2ccccc2N)cc1)C1CCN(CC2CC2)CC1. The Morgan fingerprint density at radius 1 is 1.07 bits per heavy atom. The number of nitrogens with two attached hydrogens (primary N) is 1. The molecule has 2 aromatic rings. The first-order chi connectivity index (χ1) is 13.6. The van der Waals surface area contributed by atoms with Gasteiger partial charge in [-0.1, -0.05) is 12.1 Å². The molecule has 0 unspecified atom stereocenters. The third-order valence-electron chi connectivity index (χ3n) is 6.06. The minimum absolute atomic E-state index is 0.138. The molecular weight excluding hydrogens is 348 g/mol. The van der Waals surface area contributed by atoms with Gasteiger partial charge in [-0.2, -0.15) is 0 Å². The molecule has 5 heteroatoms. The molecule has 0 aromatic heterocycles. The topological polar surface area (TPSA) is 61.6 Å². The average molecular weight is 379 g/mol. The van der Waals surface area contributed by atoms with Crippen molar-refractivity contribution in [2.75, 3.05) is 42.6 Å². The van der Waals surface area contributed by atoms with Gasteiger partial charge in [0.1, 0.15) is 0 Å². The number of nitrogens with one attached hydrogen (secondary N) is 1. The van der Waals surface area contributed by atoms with Crippen LogP contribution in [-0.2, 0) is 0 Å². The van der Waals surface area contributed by atoms with Crippen LogP contribution in [0.3, 0.4) is 0 Å². The highest BCUT2D eigenvalue weighted by Crippen LogP contribution is 2.31. The molecule has 28 heavy (non-hydrogen) atoms. The first kappa shape index (κ1) is 18.8. The van der Waals surface area contributed by atoms with Crippen LogP contribution in [0.4, 0.5) is 17.1 Å². The van der Waals surface area contributed by atoms with E-state index < -0.39 is 0 Å². The molecule has 5 nitrogen and oxygen atoms in total. The van der Waals surface area contributed by atoms with E-state index in [0.717, 1.165) is 11.6 Å². The summed E-state index contributed by atoms with van der Waals surface area (Å²) in [5.41, 5.74) is 8.92. The van der Waals surface area contributed by atoms with E-state index in [4.69, 9.17) is 5.73 Å². The minimum atomic E-state index is -0.138. The Morgan fingerprint density at radius 3 is 2.39 bits per heavy atom. The fraction of sp³-hybridized carbons (Fsp3) is 0.435. The molecular formula is C23H30N4O. The van der Waals surface area contributed by atoms with Crippen LogP contribution in [0.5, 0.6) is 0 Å². The summed E-state index contributed by atoms with van der Waals surface area (Å²) >= 11 is 0. The Balaban J connectivity index is 1.33. The summed E-state index contributed by atoms with van der Waals surface area (Å²) in [7, 11) is 2.17. The van der Waals surface area contributed by atoms with Gasteiger partial charge in [-0.3, -0.25) is 4.79 Å². The lowest BCUT2D eigenvalue weighted by molar-refractivity contribution is 0.102. The van der Waals surface area contributed by atoms with Crippen molar-refractivity contribution in [1.82, 2.24) is 4.90 Å². The molecule has 0 spiro atoms. The van der Waals surface area contributed by atoms with E-state index in [2.05, 4.69) is 22.2 Å². The Morgan fingerprint density at radius 2 is 1.75 bits per heavy atom. The second-order valence-electron chi connectivity index (χ2n) is 8.17. The molecule has 2 aromatic carbocycles. The standard InChI is InChI=1S/C23H30N4O/c1-26(20-12-14-27(15-13-20)16-17-6-7-17)19-10-8-18(9-11-19)23(28)25-22-5-3-2-4-21(22)24/h2-5,8-11,17,20H,6-7,12-16,24H2,1H3,(H,25,28). The van der Waals surface area contributed by atoms with E-state index in [0.29, 0.717) is 23.0 Å². The highest BCUT2D eigenvalue weighted by atomic mass is 16.1. The number of likely N-dealkylation sites (tertiary alicyclic amines) is 1. The molecule has 0 bridgehead atoms. The Bertz CT molecular complexity index is 808. The van der Waals surface area contributed by atoms with E-state index in [1.54, 1.807) is 6.07 Å². The number of amides is 1. The van der Waals surface area contributed by atoms with Crippen LogP contribution in [0.2, 0.25) is 0 Å². The number of anilines is 3. The van der Waals surface area contributed by atoms with Gasteiger partial charge in [-0.25, -0.2) is 0 Å². The highest BCUT2D eigenvalue weighted by molar-refractivity contribution is 6.05. The molecule has 1 aliphatic heterocycles. The lowest BCUT2D eigenvalue weighted by Crippen LogP contribution is -2.44. The molecule has 1 amide bonds. The van der Waals surface area contributed by atoms with Crippen molar-refractivity contribution in [2.24, 2.45) is 5.92 Å². The first-order valence-electron chi connectivity index (χ1n) is 10.3. The van der Waals surface area contributed by atoms with Gasteiger partial charge in [-0.05, 0) is 68.0 Å². The zero-order valence-corrected chi connectivity index (χ0v) is 16.6. The van der Waals surface area contributed by atoms with Gasteiger partial charge in [0.05, 0.1) is 11.4 Å². The van der Waals surface area contributed by atoms with Crippen LogP contribution in [-0.4, -0.2) is 43.5 Å². The summed E-state index contributed by atoms with van der Waals surface area (Å²) < 4.78 is 0. The third kappa shape index (κ3) is 4.47. The summed E-state index contributed by atoms with van der Waals surface area (Å²) in [4.78, 5) is 17.5. The molecule has 4 rings (SSSR count). The molecule has 3 N–H and O–H groups in total. The molecule has 1 saturated heterocycles. The zero-order chi connectivity index (χ0) is 19.5. The van der Waals surface area contributed by atoms with Gasteiger partial charge >= 0.3 is 0 Å². The summed E-state index contributed by atoms with van der Waals surface area (Å²) in [5.74, 6) is 0.833. The van der Waals surface area contributed by atoms with Crippen LogP contribution < -0.4 is 16.0 Å². The van der Waals surface area contributed by atoms with Crippen molar-refractivity contribution >= 4 is 23.0 Å². The second kappa shape index (κ2) is 8.23. The summed E-state index contributed by atoms with van der Waals surface area (Å²) in [6.45, 7) is 3.70. The van der Waals surface area contributed by atoms with Crippen molar-refractivity contribution < 1.29 is 4.79 Å². The maximum absolute atomic E-state index is 12.5. The van der Waals surface area contributed by atoms with Gasteiger partial charge in [-0.15, -0.1) is 0 Å². The summed E-state index contributed by atoms with van der Waals surface area (Å²) in [6.07, 6.45) is 5.27. The lowest BCUT2D eigenvalue weighted by Gasteiger charge is -2.38. The number of rotatable bonds is 6. The minimum Gasteiger partial charge on any atom is -0.397 e. The van der Waals surface area contributed by atoms with E-state index >= 15 is 0 Å². The first-order valence-corrected chi connectivity index (χ1v) is 10.3. The zero-order valence-electron chi connectivity index (χ0n) is 16.6. The number of para-hydroxylation sites is 2. The van der Waals surface area contributed by atoms with Gasteiger partial charge in [0, 0.05) is 44.0 Å². The maximum atomic E-state index is 12.5. The fourth-order valence-corrected chi connectivity index (χ4v) is 4.02. The Labute approximate surface area is 167 Å². The van der Waals surface area contributed by atoms with Gasteiger partial charge in [0.2, 0.25) is 0 Å². The molecule has 1 saturated carbocycles. The molecule has 148 valence electrons. The van der Waals surface area contributed by atoms with Crippen LogP contribution >= 0.6 is 0 Å². The Hall–Kier alpha value is -2.53. The number of carbonyl (C=O) groups excluding carboxylic acids is 1. The third-order valence-corrected chi connectivity index (χ3v) is 6.06. The van der Waals surface area contributed by atoms with Crippen molar-refractivity contribution in [3.05, 3.63) is 54.1 Å². The molecule has 2 aliphatic rings. The van der Waals surface area contributed by atoms with E-state index in [1.165, 1.54) is 45.3 Å². The smallest absolute Gasteiger partial charge is 0.255 e. The van der Waals surface area contributed by atoms with E-state index in [9.17, 15) is 4.79 Å². The van der Waals surface area contributed by atoms with Crippen molar-refractivity contribution in [3.8, 4) is 0 Å². The highest BCUT2D eigenvalue weighted by Gasteiger charge is 2.28. The number of hydrogen-bond acceptors (Lipinski definition) is 4. The fourth-order valence-electron chi connectivity index (χ4n) is 4.02. The number of nitrogen functional groups attached to an aromatic ring is 1. The van der Waals surface area contributed by atoms with Crippen LogP contribution in [0.15, 0.2) is 48.5 Å². The number of carbonyl (C=O) groups is 1. The predicted octanol–water partition coefficient (Wildman–Crippen LogP) is 3.83. The monoisotopic (exact) mass is 378 g/mol. The molecule has 0 atom stereocenters. The molecule has 1 aliphatic carbocycles. The van der Waals surface area contributed by atoms with Gasteiger partial charge < -0.3 is 20.9 Å². The van der Waals surface area contributed by atoms with Crippen LogP contribution in [0.1, 0.15) is 36.0 Å². The van der Waals surface area contributed by atoms with Gasteiger partial charge in [0.25, 0.3) is 5.91 Å². The maximum Gasteiger partial charge on any atom is 0.255 e. The second-order valence-corrected chi connectivity index (χ2v) is 8.17. The van der Waals surface area contributed by atoms with Crippen molar-refractivity contribution in [1.29, 1.82) is 0 Å². The van der Waals surface area contributed by atoms with Crippen molar-refractivity contribution in [3.63, 3.8) is 0 Å². The van der Waals surface area contributed by atoms with Crippen LogP contribution in [0.25, 0.3) is 0 Å². The summed E-state index contributed by atoms with van der Waals surface area (Å²) in [6, 6.07) is 15.7. The lowest BCUT2D eigenvalue weighted by atomic mass is 10.0. The summed E-state index contributed by atoms with van der Waals surface area (Å²) in [5, 5.41) is 2.88. The molecule has 1 heterocycles.